The third kappa shape index (κ3) is 2.90. The minimum atomic E-state index is -1.08. The van der Waals surface area contributed by atoms with Gasteiger partial charge >= 0.3 is 5.97 Å². The van der Waals surface area contributed by atoms with E-state index in [-0.39, 0.29) is 5.69 Å². The highest BCUT2D eigenvalue weighted by atomic mass is 16.5. The van der Waals surface area contributed by atoms with Gasteiger partial charge in [-0.3, -0.25) is 0 Å². The lowest BCUT2D eigenvalue weighted by molar-refractivity contribution is 0.0686. The number of piperazine rings is 1. The highest BCUT2D eigenvalue weighted by Gasteiger charge is 2.15. The maximum absolute atomic E-state index is 10.8. The summed E-state index contributed by atoms with van der Waals surface area (Å²) in [6, 6.07) is 9.36. The molecule has 2 heterocycles. The van der Waals surface area contributed by atoms with Gasteiger partial charge in [-0.05, 0) is 31.3 Å². The predicted octanol–water partition coefficient (Wildman–Crippen LogP) is 1.79. The lowest BCUT2D eigenvalue weighted by atomic mass is 10.1. The van der Waals surface area contributed by atoms with Gasteiger partial charge in [0.05, 0.1) is 0 Å². The molecule has 21 heavy (non-hydrogen) atoms. The Bertz CT molecular complexity index is 628. The minimum Gasteiger partial charge on any atom is -0.476 e. The quantitative estimate of drug-likeness (QED) is 0.928. The van der Waals surface area contributed by atoms with Crippen LogP contribution in [0.5, 0.6) is 0 Å². The monoisotopic (exact) mass is 287 g/mol. The molecule has 1 aliphatic heterocycles. The Balaban J connectivity index is 1.75. The Morgan fingerprint density at radius 1 is 1.19 bits per heavy atom. The zero-order chi connectivity index (χ0) is 14.8. The smallest absolute Gasteiger partial charge is 0.358 e. The van der Waals surface area contributed by atoms with Crippen molar-refractivity contribution in [3.8, 4) is 11.3 Å². The van der Waals surface area contributed by atoms with E-state index >= 15 is 0 Å². The van der Waals surface area contributed by atoms with Crippen LogP contribution in [0.4, 0.5) is 5.69 Å². The zero-order valence-electron chi connectivity index (χ0n) is 11.8. The van der Waals surface area contributed by atoms with Crippen LogP contribution >= 0.6 is 0 Å². The fourth-order valence-corrected chi connectivity index (χ4v) is 2.41. The van der Waals surface area contributed by atoms with Crippen LogP contribution in [-0.4, -0.2) is 54.4 Å². The molecule has 1 aliphatic rings. The molecule has 110 valence electrons. The van der Waals surface area contributed by atoms with Crippen molar-refractivity contribution in [2.24, 2.45) is 0 Å². The number of benzene rings is 1. The van der Waals surface area contributed by atoms with Gasteiger partial charge in [0.1, 0.15) is 0 Å². The maximum Gasteiger partial charge on any atom is 0.358 e. The number of carboxylic acids is 1. The maximum atomic E-state index is 10.8. The number of aromatic carboxylic acids is 1. The largest absolute Gasteiger partial charge is 0.476 e. The molecule has 0 bridgehead atoms. The highest BCUT2D eigenvalue weighted by molar-refractivity contribution is 5.86. The van der Waals surface area contributed by atoms with Gasteiger partial charge in [-0.25, -0.2) is 4.79 Å². The first-order valence-electron chi connectivity index (χ1n) is 6.87. The first kappa shape index (κ1) is 13.6. The number of anilines is 1. The second-order valence-electron chi connectivity index (χ2n) is 5.22. The van der Waals surface area contributed by atoms with Gasteiger partial charge in [-0.15, -0.1) is 0 Å². The van der Waals surface area contributed by atoms with Crippen molar-refractivity contribution >= 4 is 11.7 Å². The van der Waals surface area contributed by atoms with Crippen LogP contribution in [-0.2, 0) is 0 Å². The van der Waals surface area contributed by atoms with Gasteiger partial charge in [0.25, 0.3) is 0 Å². The van der Waals surface area contributed by atoms with Crippen LogP contribution in [0.15, 0.2) is 34.9 Å². The van der Waals surface area contributed by atoms with Gasteiger partial charge < -0.3 is 19.4 Å². The van der Waals surface area contributed by atoms with Crippen molar-refractivity contribution in [1.29, 1.82) is 0 Å². The fraction of sp³-hybridized carbons (Fsp3) is 0.333. The summed E-state index contributed by atoms with van der Waals surface area (Å²) in [6.45, 7) is 4.15. The zero-order valence-corrected chi connectivity index (χ0v) is 11.8. The molecule has 1 fully saturated rings. The van der Waals surface area contributed by atoms with Crippen molar-refractivity contribution in [2.75, 3.05) is 38.1 Å². The Kier molecular flexibility index (Phi) is 3.62. The molecule has 0 amide bonds. The van der Waals surface area contributed by atoms with Crippen molar-refractivity contribution in [3.63, 3.8) is 0 Å². The summed E-state index contributed by atoms with van der Waals surface area (Å²) in [5.74, 6) is -0.614. The predicted molar refractivity (Wildman–Crippen MR) is 78.6 cm³/mol. The third-order valence-electron chi connectivity index (χ3n) is 3.75. The fourth-order valence-electron chi connectivity index (χ4n) is 2.41. The number of hydrogen-bond acceptors (Lipinski definition) is 5. The van der Waals surface area contributed by atoms with E-state index in [1.54, 1.807) is 0 Å². The summed E-state index contributed by atoms with van der Waals surface area (Å²) < 4.78 is 5.06. The van der Waals surface area contributed by atoms with E-state index in [0.717, 1.165) is 31.7 Å². The van der Waals surface area contributed by atoms with E-state index in [2.05, 4.69) is 22.0 Å². The first-order chi connectivity index (χ1) is 10.1. The Hall–Kier alpha value is -2.34. The van der Waals surface area contributed by atoms with Crippen molar-refractivity contribution in [2.45, 2.75) is 0 Å². The number of carbonyl (C=O) groups is 1. The average molecular weight is 287 g/mol. The molecule has 0 spiro atoms. The molecular formula is C15H17N3O3. The molecule has 2 aromatic rings. The van der Waals surface area contributed by atoms with E-state index in [9.17, 15) is 4.79 Å². The summed E-state index contributed by atoms with van der Waals surface area (Å²) in [5.41, 5.74) is 1.92. The molecule has 1 saturated heterocycles. The summed E-state index contributed by atoms with van der Waals surface area (Å²) in [7, 11) is 2.13. The van der Waals surface area contributed by atoms with Crippen molar-refractivity contribution < 1.29 is 14.4 Å². The number of likely N-dealkylation sites (N-methyl/N-ethyl adjacent to an activating group) is 1. The number of hydrogen-bond donors (Lipinski definition) is 1. The molecule has 1 aromatic carbocycles. The molecular weight excluding hydrogens is 270 g/mol. The second kappa shape index (κ2) is 5.57. The van der Waals surface area contributed by atoms with E-state index in [0.29, 0.717) is 5.76 Å². The summed E-state index contributed by atoms with van der Waals surface area (Å²) in [4.78, 5) is 15.5. The van der Waals surface area contributed by atoms with E-state index in [1.807, 2.05) is 24.3 Å². The third-order valence-corrected chi connectivity index (χ3v) is 3.75. The molecule has 6 nitrogen and oxygen atoms in total. The average Bonchev–Trinajstić information content (AvgIpc) is 2.98. The van der Waals surface area contributed by atoms with Crippen molar-refractivity contribution in [3.05, 3.63) is 36.0 Å². The molecule has 0 radical (unpaired) electrons. The van der Waals surface area contributed by atoms with E-state index < -0.39 is 5.97 Å². The molecule has 0 saturated carbocycles. The van der Waals surface area contributed by atoms with Gasteiger partial charge in [-0.2, -0.15) is 0 Å². The van der Waals surface area contributed by atoms with Crippen LogP contribution in [0.1, 0.15) is 10.5 Å². The molecule has 6 heteroatoms. The van der Waals surface area contributed by atoms with Gasteiger partial charge in [0.15, 0.2) is 11.5 Å². The number of rotatable bonds is 3. The van der Waals surface area contributed by atoms with Crippen LogP contribution in [0.25, 0.3) is 11.3 Å². The number of aromatic nitrogens is 1. The molecule has 1 aromatic heterocycles. The number of carboxylic acid groups (broad SMARTS) is 1. The second-order valence-corrected chi connectivity index (χ2v) is 5.22. The minimum absolute atomic E-state index is 0.0758. The van der Waals surface area contributed by atoms with Crippen LogP contribution in [0.2, 0.25) is 0 Å². The molecule has 3 rings (SSSR count). The standard InChI is InChI=1S/C15H17N3O3/c1-17-6-8-18(9-7-17)12-4-2-11(3-5-12)14-10-13(15(19)20)16-21-14/h2-5,10H,6-9H2,1H3,(H,19,20). The van der Waals surface area contributed by atoms with Crippen LogP contribution in [0, 0.1) is 0 Å². The normalized spacial score (nSPS) is 16.1. The lowest BCUT2D eigenvalue weighted by Gasteiger charge is -2.34. The van der Waals surface area contributed by atoms with Crippen LogP contribution < -0.4 is 4.90 Å². The molecule has 0 aliphatic carbocycles. The molecule has 0 atom stereocenters. The lowest BCUT2D eigenvalue weighted by Crippen LogP contribution is -2.44. The summed E-state index contributed by atoms with van der Waals surface area (Å²) in [6.07, 6.45) is 0. The van der Waals surface area contributed by atoms with E-state index in [1.165, 1.54) is 11.8 Å². The van der Waals surface area contributed by atoms with Gasteiger partial charge in [-0.1, -0.05) is 5.16 Å². The topological polar surface area (TPSA) is 69.8 Å². The van der Waals surface area contributed by atoms with Gasteiger partial charge in [0, 0.05) is 43.5 Å². The SMILES string of the molecule is CN1CCN(c2ccc(-c3cc(C(=O)O)no3)cc2)CC1. The molecule has 1 N–H and O–H groups in total. The van der Waals surface area contributed by atoms with Crippen molar-refractivity contribution in [1.82, 2.24) is 10.1 Å². The summed E-state index contributed by atoms with van der Waals surface area (Å²) >= 11 is 0. The Morgan fingerprint density at radius 2 is 1.86 bits per heavy atom. The Labute approximate surface area is 122 Å². The van der Waals surface area contributed by atoms with Crippen LogP contribution in [0.3, 0.4) is 0 Å². The first-order valence-corrected chi connectivity index (χ1v) is 6.87. The highest BCUT2D eigenvalue weighted by Crippen LogP contribution is 2.24. The summed E-state index contributed by atoms with van der Waals surface area (Å²) in [5, 5.41) is 12.4. The number of nitrogens with zero attached hydrogens (tertiary/aromatic N) is 3. The van der Waals surface area contributed by atoms with E-state index in [4.69, 9.17) is 9.63 Å². The van der Waals surface area contributed by atoms with Gasteiger partial charge in [0.2, 0.25) is 0 Å². The Morgan fingerprint density at radius 3 is 2.43 bits per heavy atom. The molecule has 0 unspecified atom stereocenters.